The fraction of sp³-hybridized carbons (Fsp3) is 0.562. The number of likely N-dealkylation sites (tertiary alicyclic amines) is 1. The molecular formula is C16H23FN2O2. The molecule has 0 bridgehead atoms. The van der Waals surface area contributed by atoms with E-state index in [4.69, 9.17) is 5.11 Å². The van der Waals surface area contributed by atoms with E-state index in [0.29, 0.717) is 12.6 Å². The second-order valence-electron chi connectivity index (χ2n) is 5.74. The average molecular weight is 294 g/mol. The lowest BCUT2D eigenvalue weighted by Gasteiger charge is -2.27. The second-order valence-corrected chi connectivity index (χ2v) is 5.74. The lowest BCUT2D eigenvalue weighted by Crippen LogP contribution is -2.38. The zero-order valence-electron chi connectivity index (χ0n) is 12.7. The standard InChI is InChI=1S/C16H23FN2O2/c1-3-19-8-4-5-13(19)11-18(2)10-12-6-7-14(16(20)21)15(17)9-12/h6-7,9,13H,3-5,8,10-11H2,1-2H3,(H,20,21). The van der Waals surface area contributed by atoms with Crippen LogP contribution < -0.4 is 0 Å². The van der Waals surface area contributed by atoms with Crippen molar-refractivity contribution in [2.75, 3.05) is 26.7 Å². The largest absolute Gasteiger partial charge is 0.478 e. The molecule has 4 nitrogen and oxygen atoms in total. The molecule has 0 aliphatic carbocycles. The van der Waals surface area contributed by atoms with Crippen molar-refractivity contribution in [3.05, 3.63) is 35.1 Å². The molecule has 1 fully saturated rings. The van der Waals surface area contributed by atoms with Gasteiger partial charge in [-0.3, -0.25) is 4.90 Å². The van der Waals surface area contributed by atoms with E-state index in [1.54, 1.807) is 6.07 Å². The maximum atomic E-state index is 13.7. The first-order valence-electron chi connectivity index (χ1n) is 7.45. The van der Waals surface area contributed by atoms with E-state index >= 15 is 0 Å². The van der Waals surface area contributed by atoms with Crippen LogP contribution in [-0.4, -0.2) is 53.6 Å². The van der Waals surface area contributed by atoms with Crippen LogP contribution in [0, 0.1) is 5.82 Å². The molecule has 1 aromatic carbocycles. The van der Waals surface area contributed by atoms with Crippen molar-refractivity contribution < 1.29 is 14.3 Å². The molecule has 0 amide bonds. The third-order valence-electron chi connectivity index (χ3n) is 4.14. The number of halogens is 1. The Kier molecular flexibility index (Phi) is 5.31. The number of benzene rings is 1. The second kappa shape index (κ2) is 7.00. The number of carboxylic acid groups (broad SMARTS) is 1. The summed E-state index contributed by atoms with van der Waals surface area (Å²) in [6.07, 6.45) is 2.46. The van der Waals surface area contributed by atoms with Gasteiger partial charge in [0.05, 0.1) is 5.56 Å². The van der Waals surface area contributed by atoms with E-state index in [9.17, 15) is 9.18 Å². The number of hydrogen-bond donors (Lipinski definition) is 1. The van der Waals surface area contributed by atoms with E-state index in [2.05, 4.69) is 16.7 Å². The lowest BCUT2D eigenvalue weighted by molar-refractivity contribution is 0.0692. The molecule has 2 rings (SSSR count). The predicted octanol–water partition coefficient (Wildman–Crippen LogP) is 2.44. The SMILES string of the molecule is CCN1CCCC1CN(C)Cc1ccc(C(=O)O)c(F)c1. The van der Waals surface area contributed by atoms with Crippen LogP contribution in [0.3, 0.4) is 0 Å². The summed E-state index contributed by atoms with van der Waals surface area (Å²) in [5.41, 5.74) is 0.537. The summed E-state index contributed by atoms with van der Waals surface area (Å²) in [6, 6.07) is 4.93. The Balaban J connectivity index is 1.95. The first-order valence-corrected chi connectivity index (χ1v) is 7.45. The van der Waals surface area contributed by atoms with Gasteiger partial charge in [0, 0.05) is 19.1 Å². The Morgan fingerprint density at radius 3 is 2.90 bits per heavy atom. The molecule has 1 aliphatic rings. The number of aromatic carboxylic acids is 1. The van der Waals surface area contributed by atoms with Gasteiger partial charge in [-0.1, -0.05) is 13.0 Å². The number of nitrogens with zero attached hydrogens (tertiary/aromatic N) is 2. The van der Waals surface area contributed by atoms with Crippen molar-refractivity contribution in [2.24, 2.45) is 0 Å². The fourth-order valence-electron chi connectivity index (χ4n) is 3.08. The van der Waals surface area contributed by atoms with Crippen LogP contribution in [0.2, 0.25) is 0 Å². The number of likely N-dealkylation sites (N-methyl/N-ethyl adjacent to an activating group) is 2. The molecule has 5 heteroatoms. The molecule has 1 aliphatic heterocycles. The van der Waals surface area contributed by atoms with Crippen LogP contribution in [-0.2, 0) is 6.54 Å². The quantitative estimate of drug-likeness (QED) is 0.875. The van der Waals surface area contributed by atoms with Gasteiger partial charge in [-0.2, -0.15) is 0 Å². The molecule has 1 aromatic rings. The van der Waals surface area contributed by atoms with E-state index in [0.717, 1.165) is 25.2 Å². The summed E-state index contributed by atoms with van der Waals surface area (Å²) in [4.78, 5) is 15.4. The van der Waals surface area contributed by atoms with Crippen LogP contribution >= 0.6 is 0 Å². The van der Waals surface area contributed by atoms with Crippen molar-refractivity contribution in [3.63, 3.8) is 0 Å². The molecule has 0 spiro atoms. The maximum absolute atomic E-state index is 13.7. The number of carboxylic acids is 1. The Labute approximate surface area is 125 Å². The molecule has 0 aromatic heterocycles. The Morgan fingerprint density at radius 2 is 2.29 bits per heavy atom. The highest BCUT2D eigenvalue weighted by molar-refractivity contribution is 5.87. The molecule has 21 heavy (non-hydrogen) atoms. The zero-order chi connectivity index (χ0) is 15.4. The number of carbonyl (C=O) groups is 1. The third kappa shape index (κ3) is 4.02. The molecule has 1 unspecified atom stereocenters. The Bertz CT molecular complexity index is 507. The van der Waals surface area contributed by atoms with E-state index in [1.807, 2.05) is 7.05 Å². The molecular weight excluding hydrogens is 271 g/mol. The van der Waals surface area contributed by atoms with Crippen LogP contribution in [0.15, 0.2) is 18.2 Å². The molecule has 1 saturated heterocycles. The minimum absolute atomic E-state index is 0.269. The van der Waals surface area contributed by atoms with Crippen molar-refractivity contribution in [1.29, 1.82) is 0 Å². The minimum atomic E-state index is -1.23. The summed E-state index contributed by atoms with van der Waals surface area (Å²) in [7, 11) is 2.02. The van der Waals surface area contributed by atoms with Crippen molar-refractivity contribution in [3.8, 4) is 0 Å². The van der Waals surface area contributed by atoms with Gasteiger partial charge in [0.15, 0.2) is 0 Å². The van der Waals surface area contributed by atoms with E-state index in [-0.39, 0.29) is 5.56 Å². The molecule has 1 atom stereocenters. The van der Waals surface area contributed by atoms with Crippen molar-refractivity contribution in [2.45, 2.75) is 32.4 Å². The van der Waals surface area contributed by atoms with Crippen molar-refractivity contribution in [1.82, 2.24) is 9.80 Å². The average Bonchev–Trinajstić information content (AvgIpc) is 2.85. The van der Waals surface area contributed by atoms with Gasteiger partial charge in [0.25, 0.3) is 0 Å². The summed E-state index contributed by atoms with van der Waals surface area (Å²) in [5, 5.41) is 8.83. The topological polar surface area (TPSA) is 43.8 Å². The molecule has 0 saturated carbocycles. The monoisotopic (exact) mass is 294 g/mol. The summed E-state index contributed by atoms with van der Waals surface area (Å²) in [6.45, 7) is 6.00. The minimum Gasteiger partial charge on any atom is -0.478 e. The van der Waals surface area contributed by atoms with Gasteiger partial charge in [-0.05, 0) is 50.7 Å². The highest BCUT2D eigenvalue weighted by Gasteiger charge is 2.24. The third-order valence-corrected chi connectivity index (χ3v) is 4.14. The Morgan fingerprint density at radius 1 is 1.52 bits per heavy atom. The van der Waals surface area contributed by atoms with Crippen molar-refractivity contribution >= 4 is 5.97 Å². The summed E-state index contributed by atoms with van der Waals surface area (Å²) >= 11 is 0. The maximum Gasteiger partial charge on any atom is 0.338 e. The van der Waals surface area contributed by atoms with E-state index in [1.165, 1.54) is 25.0 Å². The lowest BCUT2D eigenvalue weighted by atomic mass is 10.1. The molecule has 0 radical (unpaired) electrons. The van der Waals surface area contributed by atoms with Gasteiger partial charge in [0.2, 0.25) is 0 Å². The van der Waals surface area contributed by atoms with Crippen LogP contribution in [0.1, 0.15) is 35.7 Å². The van der Waals surface area contributed by atoms with Crippen LogP contribution in [0.5, 0.6) is 0 Å². The zero-order valence-corrected chi connectivity index (χ0v) is 12.7. The fourth-order valence-corrected chi connectivity index (χ4v) is 3.08. The van der Waals surface area contributed by atoms with Crippen LogP contribution in [0.25, 0.3) is 0 Å². The molecule has 1 heterocycles. The highest BCUT2D eigenvalue weighted by atomic mass is 19.1. The normalized spacial score (nSPS) is 19.3. The molecule has 1 N–H and O–H groups in total. The van der Waals surface area contributed by atoms with Gasteiger partial charge >= 0.3 is 5.97 Å². The van der Waals surface area contributed by atoms with E-state index < -0.39 is 11.8 Å². The summed E-state index contributed by atoms with van der Waals surface area (Å²) < 4.78 is 13.7. The Hall–Kier alpha value is -1.46. The first kappa shape index (κ1) is 15.9. The first-order chi connectivity index (χ1) is 10.0. The van der Waals surface area contributed by atoms with Gasteiger partial charge in [-0.15, -0.1) is 0 Å². The highest BCUT2D eigenvalue weighted by Crippen LogP contribution is 2.18. The molecule has 116 valence electrons. The predicted molar refractivity (Wildman–Crippen MR) is 80.0 cm³/mol. The summed E-state index contributed by atoms with van der Waals surface area (Å²) in [5.74, 6) is -1.89. The van der Waals surface area contributed by atoms with Crippen LogP contribution in [0.4, 0.5) is 4.39 Å². The number of hydrogen-bond acceptors (Lipinski definition) is 3. The van der Waals surface area contributed by atoms with Gasteiger partial charge in [-0.25, -0.2) is 9.18 Å². The smallest absolute Gasteiger partial charge is 0.338 e. The van der Waals surface area contributed by atoms with Gasteiger partial charge in [0.1, 0.15) is 5.82 Å². The number of rotatable bonds is 6. The van der Waals surface area contributed by atoms with Gasteiger partial charge < -0.3 is 10.0 Å².